The first-order chi connectivity index (χ1) is 8.80. The topological polar surface area (TPSA) is 53.8 Å². The van der Waals surface area contributed by atoms with E-state index in [9.17, 15) is 10.1 Å². The number of nitriles is 1. The molecule has 1 aromatic heterocycles. The molecule has 1 aromatic rings. The van der Waals surface area contributed by atoms with E-state index in [0.717, 1.165) is 5.56 Å². The maximum absolute atomic E-state index is 12.2. The van der Waals surface area contributed by atoms with Gasteiger partial charge >= 0.3 is 0 Å². The van der Waals surface area contributed by atoms with Crippen LogP contribution in [0.3, 0.4) is 0 Å². The van der Waals surface area contributed by atoms with Gasteiger partial charge in [0.1, 0.15) is 11.1 Å². The number of hydrogen-bond acceptors (Lipinski definition) is 3. The molecule has 1 heterocycles. The highest BCUT2D eigenvalue weighted by atomic mass is 35.5. The summed E-state index contributed by atoms with van der Waals surface area (Å²) in [6.07, 6.45) is 2.84. The number of rotatable bonds is 1. The summed E-state index contributed by atoms with van der Waals surface area (Å²) in [4.78, 5) is 16.3. The molecule has 0 radical (unpaired) electrons. The largest absolute Gasteiger partial charge is 0.298 e. The first-order valence-corrected chi connectivity index (χ1v) is 6.73. The summed E-state index contributed by atoms with van der Waals surface area (Å²) in [5.74, 6) is -0.530. The number of ketones is 1. The minimum Gasteiger partial charge on any atom is -0.298 e. The number of aromatic nitrogens is 1. The van der Waals surface area contributed by atoms with Gasteiger partial charge in [-0.15, -0.1) is 0 Å². The van der Waals surface area contributed by atoms with Crippen LogP contribution in [-0.2, 0) is 10.2 Å². The standard InChI is InChI=1S/C15H17ClN2O/c1-14(2)9-15(3,7-10(8-17)12(14)19)11-5-4-6-18-13(11)16/h4-6,10H,7,9H2,1-3H3. The number of pyridine rings is 1. The fourth-order valence-electron chi connectivity index (χ4n) is 3.30. The molecule has 0 aromatic carbocycles. The summed E-state index contributed by atoms with van der Waals surface area (Å²) in [7, 11) is 0. The molecule has 1 aliphatic rings. The lowest BCUT2D eigenvalue weighted by atomic mass is 9.58. The predicted molar refractivity (Wildman–Crippen MR) is 73.7 cm³/mol. The van der Waals surface area contributed by atoms with Gasteiger partial charge < -0.3 is 0 Å². The normalized spacial score (nSPS) is 29.8. The highest BCUT2D eigenvalue weighted by Gasteiger charge is 2.48. The predicted octanol–water partition coefficient (Wildman–Crippen LogP) is 3.52. The zero-order chi connectivity index (χ0) is 14.3. The van der Waals surface area contributed by atoms with Crippen molar-refractivity contribution in [3.8, 4) is 6.07 Å². The zero-order valence-electron chi connectivity index (χ0n) is 11.4. The Morgan fingerprint density at radius 3 is 2.74 bits per heavy atom. The van der Waals surface area contributed by atoms with Crippen LogP contribution in [0.25, 0.3) is 0 Å². The lowest BCUT2D eigenvalue weighted by Crippen LogP contribution is -2.45. The summed E-state index contributed by atoms with van der Waals surface area (Å²) in [5.41, 5.74) is 0.132. The zero-order valence-corrected chi connectivity index (χ0v) is 12.2. The molecule has 1 fully saturated rings. The minimum atomic E-state index is -0.565. The molecule has 1 aliphatic carbocycles. The molecule has 19 heavy (non-hydrogen) atoms. The van der Waals surface area contributed by atoms with Crippen molar-refractivity contribution in [1.29, 1.82) is 5.26 Å². The smallest absolute Gasteiger partial charge is 0.155 e. The van der Waals surface area contributed by atoms with Gasteiger partial charge in [-0.3, -0.25) is 4.79 Å². The summed E-state index contributed by atoms with van der Waals surface area (Å²) >= 11 is 6.19. The van der Waals surface area contributed by atoms with Crippen molar-refractivity contribution in [3.63, 3.8) is 0 Å². The molecule has 0 amide bonds. The first-order valence-electron chi connectivity index (χ1n) is 6.35. The van der Waals surface area contributed by atoms with Gasteiger partial charge in [-0.1, -0.05) is 38.4 Å². The Labute approximate surface area is 118 Å². The van der Waals surface area contributed by atoms with Crippen molar-refractivity contribution in [2.75, 3.05) is 0 Å². The molecule has 0 saturated heterocycles. The Balaban J connectivity index is 2.48. The number of hydrogen-bond donors (Lipinski definition) is 0. The van der Waals surface area contributed by atoms with E-state index in [-0.39, 0.29) is 11.2 Å². The van der Waals surface area contributed by atoms with Crippen LogP contribution in [0.2, 0.25) is 5.15 Å². The van der Waals surface area contributed by atoms with Crippen LogP contribution in [0.4, 0.5) is 0 Å². The molecule has 4 heteroatoms. The Kier molecular flexibility index (Phi) is 3.40. The van der Waals surface area contributed by atoms with E-state index < -0.39 is 11.3 Å². The third-order valence-corrected chi connectivity index (χ3v) is 4.34. The lowest BCUT2D eigenvalue weighted by Gasteiger charge is -2.44. The number of carbonyl (C=O) groups is 1. The number of Topliss-reactive ketones (excluding diaryl/α,β-unsaturated/α-hetero) is 1. The van der Waals surface area contributed by atoms with Crippen LogP contribution in [0.15, 0.2) is 18.3 Å². The monoisotopic (exact) mass is 276 g/mol. The van der Waals surface area contributed by atoms with E-state index in [0.29, 0.717) is 18.0 Å². The van der Waals surface area contributed by atoms with Gasteiger partial charge in [-0.05, 0) is 29.9 Å². The second-order valence-electron chi connectivity index (χ2n) is 6.21. The van der Waals surface area contributed by atoms with Gasteiger partial charge in [0.2, 0.25) is 0 Å². The fraction of sp³-hybridized carbons (Fsp3) is 0.533. The summed E-state index contributed by atoms with van der Waals surface area (Å²) in [5, 5.41) is 9.69. The Morgan fingerprint density at radius 2 is 2.16 bits per heavy atom. The van der Waals surface area contributed by atoms with Crippen LogP contribution < -0.4 is 0 Å². The van der Waals surface area contributed by atoms with Crippen LogP contribution in [-0.4, -0.2) is 10.8 Å². The van der Waals surface area contributed by atoms with Gasteiger partial charge in [0.25, 0.3) is 0 Å². The van der Waals surface area contributed by atoms with Crippen LogP contribution in [0, 0.1) is 22.7 Å². The second-order valence-corrected chi connectivity index (χ2v) is 6.57. The first kappa shape index (κ1) is 14.0. The third-order valence-electron chi connectivity index (χ3n) is 4.04. The Bertz CT molecular complexity index is 562. The Hall–Kier alpha value is -1.40. The van der Waals surface area contributed by atoms with Gasteiger partial charge in [-0.2, -0.15) is 5.26 Å². The van der Waals surface area contributed by atoms with E-state index >= 15 is 0 Å². The average molecular weight is 277 g/mol. The van der Waals surface area contributed by atoms with Gasteiger partial charge in [0.15, 0.2) is 5.78 Å². The van der Waals surface area contributed by atoms with Crippen molar-refractivity contribution in [2.45, 2.75) is 39.0 Å². The van der Waals surface area contributed by atoms with E-state index in [4.69, 9.17) is 11.6 Å². The maximum atomic E-state index is 12.2. The summed E-state index contributed by atoms with van der Waals surface area (Å²) in [6, 6.07) is 5.93. The van der Waals surface area contributed by atoms with Gasteiger partial charge in [0.05, 0.1) is 6.07 Å². The molecule has 100 valence electrons. The number of nitrogens with zero attached hydrogens (tertiary/aromatic N) is 2. The fourth-order valence-corrected chi connectivity index (χ4v) is 3.64. The van der Waals surface area contributed by atoms with Gasteiger partial charge in [0, 0.05) is 11.6 Å². The maximum Gasteiger partial charge on any atom is 0.155 e. The lowest BCUT2D eigenvalue weighted by molar-refractivity contribution is -0.134. The van der Waals surface area contributed by atoms with Crippen LogP contribution in [0.1, 0.15) is 39.2 Å². The highest BCUT2D eigenvalue weighted by molar-refractivity contribution is 6.30. The molecule has 3 nitrogen and oxygen atoms in total. The molecule has 0 bridgehead atoms. The molecule has 2 rings (SSSR count). The second kappa shape index (κ2) is 4.61. The third kappa shape index (κ3) is 2.37. The average Bonchev–Trinajstić information content (AvgIpc) is 2.34. The minimum absolute atomic E-state index is 0.0347. The molecule has 2 atom stereocenters. The SMILES string of the molecule is CC1(C)CC(C)(c2cccnc2Cl)CC(C#N)C1=O. The van der Waals surface area contributed by atoms with E-state index in [1.54, 1.807) is 6.20 Å². The molecule has 0 spiro atoms. The molecular weight excluding hydrogens is 260 g/mol. The molecule has 2 unspecified atom stereocenters. The molecule has 0 aliphatic heterocycles. The number of halogens is 1. The van der Waals surface area contributed by atoms with E-state index in [1.165, 1.54) is 0 Å². The Morgan fingerprint density at radius 1 is 1.47 bits per heavy atom. The molecule has 0 N–H and O–H groups in total. The van der Waals surface area contributed by atoms with Crippen molar-refractivity contribution in [2.24, 2.45) is 11.3 Å². The summed E-state index contributed by atoms with van der Waals surface area (Å²) in [6.45, 7) is 5.87. The van der Waals surface area contributed by atoms with Crippen LogP contribution >= 0.6 is 11.6 Å². The van der Waals surface area contributed by atoms with E-state index in [1.807, 2.05) is 26.0 Å². The van der Waals surface area contributed by atoms with Crippen molar-refractivity contribution in [3.05, 3.63) is 29.0 Å². The van der Waals surface area contributed by atoms with Gasteiger partial charge in [-0.25, -0.2) is 4.98 Å². The number of carbonyl (C=O) groups excluding carboxylic acids is 1. The van der Waals surface area contributed by atoms with Crippen LogP contribution in [0.5, 0.6) is 0 Å². The summed E-state index contributed by atoms with van der Waals surface area (Å²) < 4.78 is 0. The van der Waals surface area contributed by atoms with Crippen molar-refractivity contribution >= 4 is 17.4 Å². The van der Waals surface area contributed by atoms with Crippen molar-refractivity contribution in [1.82, 2.24) is 4.98 Å². The molecular formula is C15H17ClN2O. The van der Waals surface area contributed by atoms with E-state index in [2.05, 4.69) is 18.0 Å². The highest BCUT2D eigenvalue weighted by Crippen LogP contribution is 2.49. The van der Waals surface area contributed by atoms with Crippen molar-refractivity contribution < 1.29 is 4.79 Å². The molecule has 1 saturated carbocycles. The quantitative estimate of drug-likeness (QED) is 0.738.